The molecule has 1 aromatic heterocycles. The number of methoxy groups -OCH3 is 2. The number of anilines is 2. The number of thioether (sulfide) groups is 1. The maximum atomic E-state index is 12.6. The summed E-state index contributed by atoms with van der Waals surface area (Å²) >= 11 is 1.02. The minimum absolute atomic E-state index is 0.0343. The molecule has 0 radical (unpaired) electrons. The monoisotopic (exact) mass is 469 g/mol. The summed E-state index contributed by atoms with van der Waals surface area (Å²) < 4.78 is 10.3. The topological polar surface area (TPSA) is 148 Å². The Morgan fingerprint density at radius 2 is 1.82 bits per heavy atom. The number of carbonyl (C=O) groups is 2. The lowest BCUT2D eigenvalue weighted by molar-refractivity contribution is -0.118. The molecule has 2 aromatic carbocycles. The first-order valence-corrected chi connectivity index (χ1v) is 10.8. The number of carbonyl (C=O) groups excluding carboxylic acids is 2. The second-order valence-electron chi connectivity index (χ2n) is 6.71. The normalized spacial score (nSPS) is 10.4. The van der Waals surface area contributed by atoms with Crippen molar-refractivity contribution >= 4 is 35.1 Å². The lowest BCUT2D eigenvalue weighted by atomic mass is 10.2. The zero-order valence-electron chi connectivity index (χ0n) is 18.0. The number of rotatable bonds is 9. The van der Waals surface area contributed by atoms with Gasteiger partial charge in [0.15, 0.2) is 22.5 Å². The summed E-state index contributed by atoms with van der Waals surface area (Å²) in [6.45, 7) is 0.396. The van der Waals surface area contributed by atoms with E-state index in [9.17, 15) is 14.4 Å². The molecule has 1 heterocycles. The summed E-state index contributed by atoms with van der Waals surface area (Å²) in [7, 11) is 2.93. The van der Waals surface area contributed by atoms with Crippen molar-refractivity contribution in [2.45, 2.75) is 11.7 Å². The molecule has 0 aliphatic heterocycles. The van der Waals surface area contributed by atoms with Crippen LogP contribution >= 0.6 is 11.8 Å². The third-order valence-corrected chi connectivity index (χ3v) is 5.36. The van der Waals surface area contributed by atoms with Gasteiger partial charge in [-0.1, -0.05) is 42.1 Å². The highest BCUT2D eigenvalue weighted by Gasteiger charge is 2.16. The third-order valence-electron chi connectivity index (χ3n) is 4.48. The molecule has 10 nitrogen and oxygen atoms in total. The van der Waals surface area contributed by atoms with Crippen LogP contribution in [0.1, 0.15) is 15.9 Å². The number of nitrogens with one attached hydrogen (secondary N) is 3. The molecule has 0 aliphatic rings. The van der Waals surface area contributed by atoms with E-state index in [-0.39, 0.29) is 33.9 Å². The van der Waals surface area contributed by atoms with Gasteiger partial charge in [0.05, 0.1) is 20.0 Å². The molecular formula is C22H23N5O5S. The lowest BCUT2D eigenvalue weighted by Crippen LogP contribution is -2.25. The molecule has 0 atom stereocenters. The zero-order valence-corrected chi connectivity index (χ0v) is 18.8. The zero-order chi connectivity index (χ0) is 23.8. The third kappa shape index (κ3) is 6.26. The fraction of sp³-hybridized carbons (Fsp3) is 0.182. The minimum atomic E-state index is -0.636. The van der Waals surface area contributed by atoms with Crippen molar-refractivity contribution < 1.29 is 19.1 Å². The van der Waals surface area contributed by atoms with Gasteiger partial charge in [0, 0.05) is 12.1 Å². The van der Waals surface area contributed by atoms with Gasteiger partial charge in [0.1, 0.15) is 5.69 Å². The highest BCUT2D eigenvalue weighted by Crippen LogP contribution is 2.28. The number of aromatic nitrogens is 2. The van der Waals surface area contributed by atoms with Crippen LogP contribution in [0.5, 0.6) is 11.5 Å². The van der Waals surface area contributed by atoms with Crippen LogP contribution in [0.3, 0.4) is 0 Å². The van der Waals surface area contributed by atoms with Crippen molar-refractivity contribution in [2.75, 3.05) is 31.0 Å². The van der Waals surface area contributed by atoms with Crippen molar-refractivity contribution in [3.63, 3.8) is 0 Å². The quantitative estimate of drug-likeness (QED) is 0.275. The van der Waals surface area contributed by atoms with E-state index in [1.54, 1.807) is 6.07 Å². The molecule has 0 aliphatic carbocycles. The van der Waals surface area contributed by atoms with Gasteiger partial charge in [-0.3, -0.25) is 19.4 Å². The molecular weight excluding hydrogens is 446 g/mol. The van der Waals surface area contributed by atoms with E-state index in [1.807, 2.05) is 30.3 Å². The van der Waals surface area contributed by atoms with Crippen molar-refractivity contribution in [3.05, 3.63) is 70.0 Å². The van der Waals surface area contributed by atoms with Crippen LogP contribution in [0.15, 0.2) is 58.5 Å². The molecule has 172 valence electrons. The molecule has 0 fully saturated rings. The lowest BCUT2D eigenvalue weighted by Gasteiger charge is -2.11. The van der Waals surface area contributed by atoms with E-state index in [2.05, 4.69) is 20.6 Å². The van der Waals surface area contributed by atoms with Crippen molar-refractivity contribution in [1.82, 2.24) is 15.3 Å². The summed E-state index contributed by atoms with van der Waals surface area (Å²) in [5.74, 6) is -0.108. The van der Waals surface area contributed by atoms with Gasteiger partial charge >= 0.3 is 0 Å². The van der Waals surface area contributed by atoms with Crippen molar-refractivity contribution in [2.24, 2.45) is 0 Å². The van der Waals surface area contributed by atoms with E-state index in [0.717, 1.165) is 17.3 Å². The molecule has 0 bridgehead atoms. The molecule has 0 saturated carbocycles. The molecule has 2 amide bonds. The maximum Gasteiger partial charge on any atom is 0.277 e. The standard InChI is InChI=1S/C22H23N5O5S/c1-31-15-9-8-14(10-16(15)32-2)20(29)25-18-19(23)26-22(27-21(18)30)33-12-17(28)24-11-13-6-4-3-5-7-13/h3-10H,11-12H2,1-2H3,(H,24,28)(H,25,29)(H3,23,26,27,30). The van der Waals surface area contributed by atoms with Gasteiger partial charge in [-0.15, -0.1) is 0 Å². The summed E-state index contributed by atoms with van der Waals surface area (Å²) in [5.41, 5.74) is 6.27. The van der Waals surface area contributed by atoms with Crippen LogP contribution in [0.4, 0.5) is 11.5 Å². The second kappa shape index (κ2) is 11.0. The number of nitrogens with zero attached hydrogens (tertiary/aromatic N) is 1. The largest absolute Gasteiger partial charge is 0.493 e. The van der Waals surface area contributed by atoms with Crippen LogP contribution in [0, 0.1) is 0 Å². The molecule has 5 N–H and O–H groups in total. The Balaban J connectivity index is 1.62. The van der Waals surface area contributed by atoms with E-state index in [1.165, 1.54) is 26.4 Å². The Kier molecular flexibility index (Phi) is 7.92. The van der Waals surface area contributed by atoms with Crippen LogP contribution in [0.25, 0.3) is 0 Å². The number of nitrogens with two attached hydrogens (primary N) is 1. The van der Waals surface area contributed by atoms with E-state index < -0.39 is 11.5 Å². The van der Waals surface area contributed by atoms with Crippen LogP contribution in [-0.4, -0.2) is 41.8 Å². The van der Waals surface area contributed by atoms with Gasteiger partial charge in [-0.05, 0) is 23.8 Å². The average molecular weight is 470 g/mol. The number of aromatic amines is 1. The van der Waals surface area contributed by atoms with Crippen LogP contribution in [-0.2, 0) is 11.3 Å². The predicted octanol–water partition coefficient (Wildman–Crippen LogP) is 2.03. The Labute approximate surface area is 193 Å². The van der Waals surface area contributed by atoms with Crippen LogP contribution in [0.2, 0.25) is 0 Å². The molecule has 3 rings (SSSR count). The average Bonchev–Trinajstić information content (AvgIpc) is 2.83. The number of benzene rings is 2. The van der Waals surface area contributed by atoms with Crippen molar-refractivity contribution in [3.8, 4) is 11.5 Å². The predicted molar refractivity (Wildman–Crippen MR) is 126 cm³/mol. The summed E-state index contributed by atoms with van der Waals surface area (Å²) in [5, 5.41) is 5.41. The SMILES string of the molecule is COc1ccc(C(=O)Nc2c(N)nc(SCC(=O)NCc3ccccc3)[nH]c2=O)cc1OC. The van der Waals surface area contributed by atoms with Gasteiger partial charge < -0.3 is 25.8 Å². The van der Waals surface area contributed by atoms with Gasteiger partial charge in [-0.25, -0.2) is 4.98 Å². The second-order valence-corrected chi connectivity index (χ2v) is 7.67. The fourth-order valence-corrected chi connectivity index (χ4v) is 3.50. The summed E-state index contributed by atoms with van der Waals surface area (Å²) in [6.07, 6.45) is 0. The Hall–Kier alpha value is -3.99. The van der Waals surface area contributed by atoms with Crippen LogP contribution < -0.4 is 31.4 Å². The first-order chi connectivity index (χ1) is 15.9. The Morgan fingerprint density at radius 1 is 1.09 bits per heavy atom. The highest BCUT2D eigenvalue weighted by molar-refractivity contribution is 7.99. The molecule has 0 saturated heterocycles. The smallest absolute Gasteiger partial charge is 0.277 e. The summed E-state index contributed by atoms with van der Waals surface area (Å²) in [6, 6.07) is 14.1. The number of ether oxygens (including phenoxy) is 2. The number of nitrogen functional groups attached to an aromatic ring is 1. The Morgan fingerprint density at radius 3 is 2.48 bits per heavy atom. The molecule has 0 spiro atoms. The molecule has 33 heavy (non-hydrogen) atoms. The van der Waals surface area contributed by atoms with E-state index in [4.69, 9.17) is 15.2 Å². The fourth-order valence-electron chi connectivity index (χ4n) is 2.80. The molecule has 0 unspecified atom stereocenters. The first-order valence-electron chi connectivity index (χ1n) is 9.78. The number of hydrogen-bond acceptors (Lipinski definition) is 8. The highest BCUT2D eigenvalue weighted by atomic mass is 32.2. The maximum absolute atomic E-state index is 12.6. The Bertz CT molecular complexity index is 1200. The van der Waals surface area contributed by atoms with E-state index >= 15 is 0 Å². The molecule has 11 heteroatoms. The minimum Gasteiger partial charge on any atom is -0.493 e. The number of hydrogen-bond donors (Lipinski definition) is 4. The van der Waals surface area contributed by atoms with Gasteiger partial charge in [0.25, 0.3) is 11.5 Å². The van der Waals surface area contributed by atoms with Gasteiger partial charge in [-0.2, -0.15) is 0 Å². The van der Waals surface area contributed by atoms with Crippen molar-refractivity contribution in [1.29, 1.82) is 0 Å². The number of amides is 2. The van der Waals surface area contributed by atoms with E-state index in [0.29, 0.717) is 18.0 Å². The first kappa shape index (κ1) is 23.7. The molecule has 3 aromatic rings. The summed E-state index contributed by atoms with van der Waals surface area (Å²) in [4.78, 5) is 43.7. The van der Waals surface area contributed by atoms with Gasteiger partial charge in [0.2, 0.25) is 5.91 Å². The number of H-pyrrole nitrogens is 1.